The molecule has 0 aliphatic carbocycles. The first kappa shape index (κ1) is 14.4. The molecule has 1 aromatic carbocycles. The van der Waals surface area contributed by atoms with Crippen molar-refractivity contribution in [2.45, 2.75) is 33.6 Å². The average Bonchev–Trinajstić information content (AvgIpc) is 2.28. The monoisotopic (exact) mass is 248 g/mol. The van der Waals surface area contributed by atoms with E-state index in [0.29, 0.717) is 36.7 Å². The van der Waals surface area contributed by atoms with Gasteiger partial charge < -0.3 is 4.74 Å². The van der Waals surface area contributed by atoms with Gasteiger partial charge in [0.2, 0.25) is 0 Å². The van der Waals surface area contributed by atoms with Crippen LogP contribution in [0.25, 0.3) is 0 Å². The summed E-state index contributed by atoms with van der Waals surface area (Å²) in [5.41, 5.74) is 0.711. The van der Waals surface area contributed by atoms with Crippen molar-refractivity contribution in [1.29, 1.82) is 0 Å². The van der Waals surface area contributed by atoms with Crippen LogP contribution in [0.2, 0.25) is 0 Å². The highest BCUT2D eigenvalue weighted by atomic mass is 16.5. The highest BCUT2D eigenvalue weighted by molar-refractivity contribution is 5.96. The second-order valence-electron chi connectivity index (χ2n) is 4.85. The van der Waals surface area contributed by atoms with Gasteiger partial charge in [-0.25, -0.2) is 0 Å². The normalized spacial score (nSPS) is 10.4. The fraction of sp³-hybridized carbons (Fsp3) is 0.467. The second-order valence-corrected chi connectivity index (χ2v) is 4.85. The zero-order valence-electron chi connectivity index (χ0n) is 11.2. The molecule has 0 saturated carbocycles. The number of carbonyl (C=O) groups excluding carboxylic acids is 2. The van der Waals surface area contributed by atoms with E-state index in [1.807, 2.05) is 13.8 Å². The van der Waals surface area contributed by atoms with E-state index in [2.05, 4.69) is 0 Å². The van der Waals surface area contributed by atoms with E-state index in [9.17, 15) is 9.59 Å². The third kappa shape index (κ3) is 5.13. The van der Waals surface area contributed by atoms with Crippen LogP contribution in [0.3, 0.4) is 0 Å². The standard InChI is InChI=1S/C15H20O3/c1-11(2)10-15(17)13-4-6-14(7-5-13)18-9-8-12(3)16/h4-7,11H,8-10H2,1-3H3. The first-order valence-corrected chi connectivity index (χ1v) is 6.24. The largest absolute Gasteiger partial charge is 0.493 e. The summed E-state index contributed by atoms with van der Waals surface area (Å²) in [5, 5.41) is 0. The first-order chi connectivity index (χ1) is 8.49. The Morgan fingerprint density at radius 1 is 1.17 bits per heavy atom. The van der Waals surface area contributed by atoms with Crippen molar-refractivity contribution in [2.24, 2.45) is 5.92 Å². The topological polar surface area (TPSA) is 43.4 Å². The van der Waals surface area contributed by atoms with Crippen LogP contribution in [0.4, 0.5) is 0 Å². The van der Waals surface area contributed by atoms with Crippen LogP contribution in [-0.2, 0) is 4.79 Å². The minimum Gasteiger partial charge on any atom is -0.493 e. The summed E-state index contributed by atoms with van der Waals surface area (Å²) in [5.74, 6) is 1.32. The van der Waals surface area contributed by atoms with E-state index in [4.69, 9.17) is 4.74 Å². The summed E-state index contributed by atoms with van der Waals surface area (Å²) in [6.45, 7) is 5.97. The van der Waals surface area contributed by atoms with E-state index in [-0.39, 0.29) is 11.6 Å². The number of carbonyl (C=O) groups is 2. The summed E-state index contributed by atoms with van der Waals surface area (Å²) < 4.78 is 5.40. The Labute approximate surface area is 108 Å². The Morgan fingerprint density at radius 2 is 1.78 bits per heavy atom. The number of hydrogen-bond acceptors (Lipinski definition) is 3. The lowest BCUT2D eigenvalue weighted by Gasteiger charge is -2.07. The van der Waals surface area contributed by atoms with Crippen LogP contribution < -0.4 is 4.74 Å². The highest BCUT2D eigenvalue weighted by Crippen LogP contribution is 2.15. The van der Waals surface area contributed by atoms with Gasteiger partial charge in [0.25, 0.3) is 0 Å². The predicted molar refractivity (Wildman–Crippen MR) is 71.0 cm³/mol. The van der Waals surface area contributed by atoms with Gasteiger partial charge in [0, 0.05) is 18.4 Å². The summed E-state index contributed by atoms with van der Waals surface area (Å²) in [6, 6.07) is 7.09. The zero-order chi connectivity index (χ0) is 13.5. The fourth-order valence-electron chi connectivity index (χ4n) is 1.54. The Balaban J connectivity index is 2.52. The van der Waals surface area contributed by atoms with Crippen LogP contribution in [0.1, 0.15) is 44.0 Å². The smallest absolute Gasteiger partial charge is 0.163 e. The van der Waals surface area contributed by atoms with Gasteiger partial charge in [0.15, 0.2) is 5.78 Å². The molecule has 0 fully saturated rings. The molecule has 0 spiro atoms. The Kier molecular flexibility index (Phi) is 5.56. The van der Waals surface area contributed by atoms with E-state index in [0.717, 1.165) is 0 Å². The Morgan fingerprint density at radius 3 is 2.28 bits per heavy atom. The molecule has 0 aliphatic heterocycles. The molecular formula is C15H20O3. The third-order valence-corrected chi connectivity index (χ3v) is 2.49. The minimum atomic E-state index is 0.110. The predicted octanol–water partition coefficient (Wildman–Crippen LogP) is 3.27. The molecule has 0 atom stereocenters. The highest BCUT2D eigenvalue weighted by Gasteiger charge is 2.08. The van der Waals surface area contributed by atoms with Crippen LogP contribution in [-0.4, -0.2) is 18.2 Å². The lowest BCUT2D eigenvalue weighted by molar-refractivity contribution is -0.117. The average molecular weight is 248 g/mol. The molecule has 0 aromatic heterocycles. The number of ether oxygens (including phenoxy) is 1. The number of Topliss-reactive ketones (excluding diaryl/α,β-unsaturated/α-hetero) is 2. The third-order valence-electron chi connectivity index (χ3n) is 2.49. The molecule has 98 valence electrons. The number of benzene rings is 1. The molecule has 0 N–H and O–H groups in total. The van der Waals surface area contributed by atoms with Gasteiger partial charge in [-0.2, -0.15) is 0 Å². The molecule has 1 aromatic rings. The lowest BCUT2D eigenvalue weighted by Crippen LogP contribution is -2.04. The molecule has 3 nitrogen and oxygen atoms in total. The van der Waals surface area contributed by atoms with Crippen LogP contribution in [0.5, 0.6) is 5.75 Å². The van der Waals surface area contributed by atoms with Crippen LogP contribution in [0, 0.1) is 5.92 Å². The molecule has 0 saturated heterocycles. The van der Waals surface area contributed by atoms with Crippen molar-refractivity contribution in [1.82, 2.24) is 0 Å². The molecule has 1 rings (SSSR count). The van der Waals surface area contributed by atoms with Gasteiger partial charge in [0.1, 0.15) is 11.5 Å². The zero-order valence-corrected chi connectivity index (χ0v) is 11.2. The minimum absolute atomic E-state index is 0.110. The molecule has 0 aliphatic rings. The summed E-state index contributed by atoms with van der Waals surface area (Å²) in [6.07, 6.45) is 0.971. The van der Waals surface area contributed by atoms with Crippen molar-refractivity contribution in [3.05, 3.63) is 29.8 Å². The van der Waals surface area contributed by atoms with E-state index < -0.39 is 0 Å². The van der Waals surface area contributed by atoms with Gasteiger partial charge in [-0.05, 0) is 37.1 Å². The van der Waals surface area contributed by atoms with Crippen molar-refractivity contribution >= 4 is 11.6 Å². The lowest BCUT2D eigenvalue weighted by atomic mass is 10.0. The van der Waals surface area contributed by atoms with E-state index >= 15 is 0 Å². The van der Waals surface area contributed by atoms with Gasteiger partial charge in [-0.3, -0.25) is 9.59 Å². The molecule has 0 heterocycles. The SMILES string of the molecule is CC(=O)CCOc1ccc(C(=O)CC(C)C)cc1. The van der Waals surface area contributed by atoms with Crippen LogP contribution >= 0.6 is 0 Å². The van der Waals surface area contributed by atoms with Gasteiger partial charge in [-0.15, -0.1) is 0 Å². The maximum atomic E-state index is 11.8. The summed E-state index contributed by atoms with van der Waals surface area (Å²) in [7, 11) is 0. The molecule has 0 bridgehead atoms. The molecular weight excluding hydrogens is 228 g/mol. The summed E-state index contributed by atoms with van der Waals surface area (Å²) >= 11 is 0. The second kappa shape index (κ2) is 6.94. The van der Waals surface area contributed by atoms with Gasteiger partial charge >= 0.3 is 0 Å². The number of hydrogen-bond donors (Lipinski definition) is 0. The van der Waals surface area contributed by atoms with Crippen molar-refractivity contribution < 1.29 is 14.3 Å². The number of rotatable bonds is 7. The van der Waals surface area contributed by atoms with Crippen LogP contribution in [0.15, 0.2) is 24.3 Å². The molecule has 0 radical (unpaired) electrons. The Bertz CT molecular complexity index is 404. The van der Waals surface area contributed by atoms with Gasteiger partial charge in [-0.1, -0.05) is 13.8 Å². The maximum Gasteiger partial charge on any atom is 0.163 e. The number of ketones is 2. The van der Waals surface area contributed by atoms with Gasteiger partial charge in [0.05, 0.1) is 6.61 Å². The molecule has 0 amide bonds. The first-order valence-electron chi connectivity index (χ1n) is 6.24. The van der Waals surface area contributed by atoms with E-state index in [1.165, 1.54) is 6.92 Å². The summed E-state index contributed by atoms with van der Waals surface area (Å²) in [4.78, 5) is 22.5. The van der Waals surface area contributed by atoms with E-state index in [1.54, 1.807) is 24.3 Å². The molecule has 3 heteroatoms. The van der Waals surface area contributed by atoms with Crippen molar-refractivity contribution in [3.8, 4) is 5.75 Å². The quantitative estimate of drug-likeness (QED) is 0.695. The van der Waals surface area contributed by atoms with Crippen molar-refractivity contribution in [3.63, 3.8) is 0 Å². The fourth-order valence-corrected chi connectivity index (χ4v) is 1.54. The van der Waals surface area contributed by atoms with Crippen molar-refractivity contribution in [2.75, 3.05) is 6.61 Å². The molecule has 0 unspecified atom stereocenters. The maximum absolute atomic E-state index is 11.8. The molecule has 18 heavy (non-hydrogen) atoms. The Hall–Kier alpha value is -1.64.